The summed E-state index contributed by atoms with van der Waals surface area (Å²) in [6, 6.07) is 9.65. The second-order valence-electron chi connectivity index (χ2n) is 17.6. The number of piperidine rings is 2. The van der Waals surface area contributed by atoms with Crippen LogP contribution in [0.3, 0.4) is 0 Å². The number of pyridine rings is 1. The van der Waals surface area contributed by atoms with Gasteiger partial charge in [0.25, 0.3) is 6.43 Å². The van der Waals surface area contributed by atoms with Gasteiger partial charge < -0.3 is 29.3 Å². The molecule has 5 aromatic rings. The standard InChI is InChI=1S/C47H50F3N9O5.C2H6/c48-38-21-30(52-39-5-6-43(61)53-47(39)63)3-4-32(38)28-8-16-56(17-9-28)44(62)26-57-25-36(35-23-51-13-7-40(35)57)33-20-29-2-1-14-58(42(29)22-34(33)45(49)50)46-37-24-55(27-60)15-10-41(37)59(54-46)31-11-18-64-19-12-31;1-2/h3-4,7,13,20-23,25,27-28,31,39,45,52H,1-2,5-6,8-12,14-19,24,26H2,(H,53,61,63);1-2H3. The zero-order valence-electron chi connectivity index (χ0n) is 37.4. The second-order valence-corrected chi connectivity index (χ2v) is 17.6. The fourth-order valence-corrected chi connectivity index (χ4v) is 10.4. The first kappa shape index (κ1) is 44.9. The van der Waals surface area contributed by atoms with Gasteiger partial charge in [0.1, 0.15) is 18.4 Å². The highest BCUT2D eigenvalue weighted by molar-refractivity contribution is 6.01. The Balaban J connectivity index is 0.00000270. The number of anilines is 3. The number of amides is 4. The fraction of sp³-hybridized carbons (Fsp3) is 0.469. The SMILES string of the molecule is CC.O=CN1CCc2c(c(N3CCCc4cc(-c5cn(CC(=O)N6CCC(c7ccc(NC8CCC(=O)NC8=O)cc7F)CC6)c6ccncc56)c(C(F)F)cc43)nn2C2CCOCC2)C1. The molecule has 0 radical (unpaired) electrons. The lowest BCUT2D eigenvalue weighted by Crippen LogP contribution is -2.47. The molecule has 3 saturated heterocycles. The van der Waals surface area contributed by atoms with E-state index in [1.165, 1.54) is 6.07 Å². The van der Waals surface area contributed by atoms with Crippen molar-refractivity contribution in [2.24, 2.45) is 0 Å². The third kappa shape index (κ3) is 8.76. The number of aromatic nitrogens is 4. The Kier molecular flexibility index (Phi) is 13.2. The minimum Gasteiger partial charge on any atom is -0.381 e. The number of nitrogens with one attached hydrogen (secondary N) is 2. The Labute approximate surface area is 381 Å². The van der Waals surface area contributed by atoms with E-state index in [4.69, 9.17) is 9.84 Å². The topological polar surface area (TPSA) is 147 Å². The third-order valence-corrected chi connectivity index (χ3v) is 13.8. The Morgan fingerprint density at radius 1 is 0.970 bits per heavy atom. The molecule has 66 heavy (non-hydrogen) atoms. The summed E-state index contributed by atoms with van der Waals surface area (Å²) in [5.74, 6) is -0.666. The average molecular weight is 908 g/mol. The van der Waals surface area contributed by atoms with Crippen LogP contribution < -0.4 is 15.5 Å². The maximum Gasteiger partial charge on any atom is 0.264 e. The van der Waals surface area contributed by atoms with Gasteiger partial charge in [0.05, 0.1) is 18.1 Å². The van der Waals surface area contributed by atoms with Gasteiger partial charge in [-0.3, -0.25) is 34.2 Å². The number of fused-ring (bicyclic) bond motifs is 3. The van der Waals surface area contributed by atoms with Crippen molar-refractivity contribution in [3.63, 3.8) is 0 Å². The molecule has 5 aliphatic rings. The summed E-state index contributed by atoms with van der Waals surface area (Å²) in [7, 11) is 0. The molecule has 1 unspecified atom stereocenters. The van der Waals surface area contributed by atoms with Crippen LogP contribution in [0.2, 0.25) is 0 Å². The van der Waals surface area contributed by atoms with Crippen molar-refractivity contribution >= 4 is 52.2 Å². The minimum absolute atomic E-state index is 0.0122. The molecule has 3 fully saturated rings. The highest BCUT2D eigenvalue weighted by atomic mass is 19.3. The lowest BCUT2D eigenvalue weighted by atomic mass is 9.89. The summed E-state index contributed by atoms with van der Waals surface area (Å²) in [5, 5.41) is 11.2. The third-order valence-electron chi connectivity index (χ3n) is 13.8. The van der Waals surface area contributed by atoms with Crippen LogP contribution >= 0.6 is 0 Å². The first-order chi connectivity index (χ1) is 32.1. The first-order valence-corrected chi connectivity index (χ1v) is 23.3. The van der Waals surface area contributed by atoms with E-state index < -0.39 is 24.2 Å². The molecule has 4 amide bonds. The molecule has 8 heterocycles. The van der Waals surface area contributed by atoms with Crippen molar-refractivity contribution in [3.05, 3.63) is 88.8 Å². The maximum atomic E-state index is 15.4. The molecule has 2 aromatic carbocycles. The number of carbonyl (C=O) groups is 4. The molecule has 0 spiro atoms. The van der Waals surface area contributed by atoms with Crippen LogP contribution in [0.4, 0.5) is 30.4 Å². The van der Waals surface area contributed by atoms with Crippen molar-refractivity contribution in [1.82, 2.24) is 34.4 Å². The Bertz CT molecular complexity index is 2630. The summed E-state index contributed by atoms with van der Waals surface area (Å²) in [5.41, 5.74) is 6.20. The van der Waals surface area contributed by atoms with E-state index in [1.54, 1.807) is 52.7 Å². The van der Waals surface area contributed by atoms with Gasteiger partial charge in [0.2, 0.25) is 24.1 Å². The van der Waals surface area contributed by atoms with Crippen molar-refractivity contribution in [2.45, 2.75) is 109 Å². The van der Waals surface area contributed by atoms with Crippen LogP contribution in [-0.2, 0) is 49.8 Å². The predicted octanol–water partition coefficient (Wildman–Crippen LogP) is 7.58. The van der Waals surface area contributed by atoms with Gasteiger partial charge in [-0.25, -0.2) is 13.2 Å². The molecule has 1 atom stereocenters. The van der Waals surface area contributed by atoms with Gasteiger partial charge >= 0.3 is 0 Å². The quantitative estimate of drug-likeness (QED) is 0.107. The molecule has 5 aliphatic heterocycles. The molecule has 0 bridgehead atoms. The van der Waals surface area contributed by atoms with Gasteiger partial charge in [0, 0.05) is 110 Å². The lowest BCUT2D eigenvalue weighted by Gasteiger charge is -2.33. The largest absolute Gasteiger partial charge is 0.381 e. The molecular formula is C49H56F3N9O5. The van der Waals surface area contributed by atoms with E-state index in [-0.39, 0.29) is 42.3 Å². The Hall–Kier alpha value is -6.23. The number of imide groups is 1. The van der Waals surface area contributed by atoms with Crippen LogP contribution in [0.5, 0.6) is 0 Å². The number of nitrogens with zero attached hydrogens (tertiary/aromatic N) is 7. The van der Waals surface area contributed by atoms with Gasteiger partial charge in [-0.05, 0) is 97.9 Å². The normalized spacial score (nSPS) is 19.3. The summed E-state index contributed by atoms with van der Waals surface area (Å²) in [6.07, 6.45) is 8.60. The van der Waals surface area contributed by atoms with Crippen LogP contribution in [0.1, 0.15) is 105 Å². The molecule has 10 rings (SSSR count). The van der Waals surface area contributed by atoms with Crippen LogP contribution in [0.15, 0.2) is 55.0 Å². The molecule has 348 valence electrons. The number of alkyl halides is 2. The van der Waals surface area contributed by atoms with E-state index in [0.29, 0.717) is 123 Å². The van der Waals surface area contributed by atoms with Gasteiger partial charge in [-0.2, -0.15) is 5.10 Å². The molecular weight excluding hydrogens is 852 g/mol. The summed E-state index contributed by atoms with van der Waals surface area (Å²) in [6.45, 7) is 7.74. The second kappa shape index (κ2) is 19.3. The van der Waals surface area contributed by atoms with E-state index in [1.807, 2.05) is 24.5 Å². The number of halogens is 3. The van der Waals surface area contributed by atoms with Crippen molar-refractivity contribution in [3.8, 4) is 11.1 Å². The molecule has 17 heteroatoms. The van der Waals surface area contributed by atoms with Gasteiger partial charge in [-0.15, -0.1) is 0 Å². The smallest absolute Gasteiger partial charge is 0.264 e. The Morgan fingerprint density at radius 3 is 2.52 bits per heavy atom. The van der Waals surface area contributed by atoms with Gasteiger partial charge in [-0.1, -0.05) is 19.9 Å². The summed E-state index contributed by atoms with van der Waals surface area (Å²) < 4.78 is 55.8. The number of hydrogen-bond acceptors (Lipinski definition) is 9. The van der Waals surface area contributed by atoms with Crippen LogP contribution in [-0.4, -0.2) is 98.7 Å². The number of hydrogen-bond donors (Lipinski definition) is 2. The maximum absolute atomic E-state index is 15.4. The summed E-state index contributed by atoms with van der Waals surface area (Å²) in [4.78, 5) is 59.5. The number of ether oxygens (including phenoxy) is 1. The van der Waals surface area contributed by atoms with Crippen molar-refractivity contribution < 1.29 is 37.1 Å². The molecule has 0 aliphatic carbocycles. The highest BCUT2D eigenvalue weighted by Crippen LogP contribution is 2.45. The molecule has 0 saturated carbocycles. The number of rotatable bonds is 10. The molecule has 14 nitrogen and oxygen atoms in total. The number of aryl methyl sites for hydroxylation is 1. The lowest BCUT2D eigenvalue weighted by molar-refractivity contribution is -0.134. The Morgan fingerprint density at radius 2 is 1.77 bits per heavy atom. The fourth-order valence-electron chi connectivity index (χ4n) is 10.4. The minimum atomic E-state index is -2.80. The number of carbonyl (C=O) groups excluding carboxylic acids is 4. The predicted molar refractivity (Wildman–Crippen MR) is 243 cm³/mol. The van der Waals surface area contributed by atoms with Crippen molar-refractivity contribution in [1.29, 1.82) is 0 Å². The van der Waals surface area contributed by atoms with E-state index in [9.17, 15) is 19.2 Å². The van der Waals surface area contributed by atoms with Crippen LogP contribution in [0, 0.1) is 5.82 Å². The number of benzene rings is 2. The summed E-state index contributed by atoms with van der Waals surface area (Å²) >= 11 is 0. The zero-order valence-corrected chi connectivity index (χ0v) is 37.4. The van der Waals surface area contributed by atoms with Gasteiger partial charge in [0.15, 0.2) is 5.82 Å². The zero-order chi connectivity index (χ0) is 46.1. The van der Waals surface area contributed by atoms with E-state index in [0.717, 1.165) is 42.5 Å². The van der Waals surface area contributed by atoms with Crippen LogP contribution in [0.25, 0.3) is 22.0 Å². The van der Waals surface area contributed by atoms with Crippen molar-refractivity contribution in [2.75, 3.05) is 49.6 Å². The van der Waals surface area contributed by atoms with E-state index in [2.05, 4.69) is 25.2 Å². The average Bonchev–Trinajstić information content (AvgIpc) is 3.91. The first-order valence-electron chi connectivity index (χ1n) is 23.3. The molecule has 3 aromatic heterocycles. The monoisotopic (exact) mass is 907 g/mol. The highest BCUT2D eigenvalue weighted by Gasteiger charge is 2.35. The molecule has 2 N–H and O–H groups in total. The van der Waals surface area contributed by atoms with E-state index >= 15 is 13.2 Å². The number of likely N-dealkylation sites (tertiary alicyclic amines) is 1.